The first-order valence-electron chi connectivity index (χ1n) is 6.01. The highest BCUT2D eigenvalue weighted by Crippen LogP contribution is 2.30. The Balaban J connectivity index is 1.89. The van der Waals surface area contributed by atoms with Gasteiger partial charge in [-0.25, -0.2) is 4.98 Å². The van der Waals surface area contributed by atoms with Crippen molar-refractivity contribution >= 4 is 21.7 Å². The van der Waals surface area contributed by atoms with Crippen LogP contribution in [0.2, 0.25) is 0 Å². The fourth-order valence-electron chi connectivity index (χ4n) is 2.41. The van der Waals surface area contributed by atoms with E-state index in [-0.39, 0.29) is 0 Å². The number of aromatic nitrogens is 1. The number of rotatable bonds is 3. The molecule has 0 bridgehead atoms. The van der Waals surface area contributed by atoms with Crippen LogP contribution in [0.5, 0.6) is 0 Å². The molecular formula is C13H19BrN2. The van der Waals surface area contributed by atoms with E-state index in [0.717, 1.165) is 28.7 Å². The first kappa shape index (κ1) is 11.9. The van der Waals surface area contributed by atoms with E-state index in [9.17, 15) is 0 Å². The molecule has 88 valence electrons. The molecule has 1 aliphatic rings. The summed E-state index contributed by atoms with van der Waals surface area (Å²) in [6.45, 7) is 5.46. The Labute approximate surface area is 106 Å². The summed E-state index contributed by atoms with van der Waals surface area (Å²) >= 11 is 3.54. The van der Waals surface area contributed by atoms with Gasteiger partial charge in [-0.1, -0.05) is 13.3 Å². The average Bonchev–Trinajstić information content (AvgIpc) is 2.63. The van der Waals surface area contributed by atoms with Crippen molar-refractivity contribution in [1.29, 1.82) is 0 Å². The summed E-state index contributed by atoms with van der Waals surface area (Å²) in [4.78, 5) is 4.40. The van der Waals surface area contributed by atoms with Crippen LogP contribution in [-0.4, -0.2) is 11.5 Å². The van der Waals surface area contributed by atoms with Gasteiger partial charge >= 0.3 is 0 Å². The van der Waals surface area contributed by atoms with Gasteiger partial charge in [0.05, 0.1) is 4.47 Å². The highest BCUT2D eigenvalue weighted by atomic mass is 79.9. The summed E-state index contributed by atoms with van der Waals surface area (Å²) in [6, 6.07) is 2.10. The molecule has 2 nitrogen and oxygen atoms in total. The summed E-state index contributed by atoms with van der Waals surface area (Å²) in [7, 11) is 0. The fraction of sp³-hybridized carbons (Fsp3) is 0.615. The van der Waals surface area contributed by atoms with Crippen molar-refractivity contribution in [2.24, 2.45) is 11.8 Å². The number of aryl methyl sites for hydroxylation is 1. The van der Waals surface area contributed by atoms with Crippen LogP contribution in [0.4, 0.5) is 5.82 Å². The van der Waals surface area contributed by atoms with Crippen molar-refractivity contribution in [2.45, 2.75) is 33.1 Å². The first-order valence-corrected chi connectivity index (χ1v) is 6.80. The number of hydrogen-bond donors (Lipinski definition) is 1. The Morgan fingerprint density at radius 1 is 1.50 bits per heavy atom. The van der Waals surface area contributed by atoms with Crippen LogP contribution in [0.1, 0.15) is 31.7 Å². The lowest BCUT2D eigenvalue weighted by Crippen LogP contribution is -2.12. The summed E-state index contributed by atoms with van der Waals surface area (Å²) in [5.41, 5.74) is 1.19. The van der Waals surface area contributed by atoms with Crippen LogP contribution in [0, 0.1) is 18.8 Å². The minimum Gasteiger partial charge on any atom is -0.369 e. The Hall–Kier alpha value is -0.570. The van der Waals surface area contributed by atoms with Gasteiger partial charge in [-0.15, -0.1) is 0 Å². The minimum atomic E-state index is 0.824. The first-order chi connectivity index (χ1) is 7.65. The largest absolute Gasteiger partial charge is 0.369 e. The number of nitrogens with one attached hydrogen (secondary N) is 1. The molecule has 0 spiro atoms. The maximum absolute atomic E-state index is 4.40. The SMILES string of the molecule is Cc1cnc(NCC2CCC(C)C2)c(Br)c1. The van der Waals surface area contributed by atoms with E-state index in [2.05, 4.69) is 46.1 Å². The van der Waals surface area contributed by atoms with Crippen molar-refractivity contribution < 1.29 is 0 Å². The predicted octanol–water partition coefficient (Wildman–Crippen LogP) is 4.00. The summed E-state index contributed by atoms with van der Waals surface area (Å²) in [5, 5.41) is 3.44. The Morgan fingerprint density at radius 3 is 2.94 bits per heavy atom. The van der Waals surface area contributed by atoms with Crippen molar-refractivity contribution in [1.82, 2.24) is 4.98 Å². The molecule has 1 aromatic heterocycles. The number of nitrogens with zero attached hydrogens (tertiary/aromatic N) is 1. The smallest absolute Gasteiger partial charge is 0.140 e. The molecule has 0 aromatic carbocycles. The van der Waals surface area contributed by atoms with Crippen molar-refractivity contribution in [3.8, 4) is 0 Å². The molecule has 2 rings (SSSR count). The van der Waals surface area contributed by atoms with Gasteiger partial charge in [0.2, 0.25) is 0 Å². The molecule has 0 radical (unpaired) electrons. The van der Waals surface area contributed by atoms with Gasteiger partial charge in [0.15, 0.2) is 0 Å². The monoisotopic (exact) mass is 282 g/mol. The zero-order chi connectivity index (χ0) is 11.5. The predicted molar refractivity (Wildman–Crippen MR) is 71.7 cm³/mol. The molecule has 0 saturated heterocycles. The number of anilines is 1. The van der Waals surface area contributed by atoms with Gasteiger partial charge in [0.1, 0.15) is 5.82 Å². The van der Waals surface area contributed by atoms with Gasteiger partial charge in [-0.05, 0) is 59.2 Å². The third kappa shape index (κ3) is 2.97. The molecule has 1 fully saturated rings. The Morgan fingerprint density at radius 2 is 2.31 bits per heavy atom. The highest BCUT2D eigenvalue weighted by molar-refractivity contribution is 9.10. The fourth-order valence-corrected chi connectivity index (χ4v) is 3.02. The molecular weight excluding hydrogens is 264 g/mol. The second kappa shape index (κ2) is 5.17. The van der Waals surface area contributed by atoms with E-state index in [0.29, 0.717) is 0 Å². The van der Waals surface area contributed by atoms with Gasteiger partial charge in [0.25, 0.3) is 0 Å². The van der Waals surface area contributed by atoms with Gasteiger partial charge < -0.3 is 5.32 Å². The molecule has 1 aliphatic carbocycles. The summed E-state index contributed by atoms with van der Waals surface area (Å²) < 4.78 is 1.07. The Bertz CT molecular complexity index is 365. The molecule has 3 heteroatoms. The highest BCUT2D eigenvalue weighted by Gasteiger charge is 2.21. The number of hydrogen-bond acceptors (Lipinski definition) is 2. The second-order valence-electron chi connectivity index (χ2n) is 5.01. The lowest BCUT2D eigenvalue weighted by atomic mass is 10.1. The molecule has 1 heterocycles. The van der Waals surface area contributed by atoms with E-state index >= 15 is 0 Å². The van der Waals surface area contributed by atoms with Gasteiger partial charge in [0, 0.05) is 12.7 Å². The van der Waals surface area contributed by atoms with E-state index in [1.165, 1.54) is 24.8 Å². The zero-order valence-corrected chi connectivity index (χ0v) is 11.5. The van der Waals surface area contributed by atoms with Crippen LogP contribution < -0.4 is 5.32 Å². The molecule has 16 heavy (non-hydrogen) atoms. The normalized spacial score (nSPS) is 24.7. The maximum Gasteiger partial charge on any atom is 0.140 e. The molecule has 0 aliphatic heterocycles. The van der Waals surface area contributed by atoms with E-state index < -0.39 is 0 Å². The van der Waals surface area contributed by atoms with Crippen LogP contribution in [0.25, 0.3) is 0 Å². The van der Waals surface area contributed by atoms with Crippen LogP contribution in [-0.2, 0) is 0 Å². The molecule has 2 atom stereocenters. The summed E-state index contributed by atoms with van der Waals surface area (Å²) in [5.74, 6) is 2.70. The quantitative estimate of drug-likeness (QED) is 0.907. The summed E-state index contributed by atoms with van der Waals surface area (Å²) in [6.07, 6.45) is 6.01. The third-order valence-corrected chi connectivity index (χ3v) is 3.94. The van der Waals surface area contributed by atoms with Crippen LogP contribution >= 0.6 is 15.9 Å². The van der Waals surface area contributed by atoms with Crippen molar-refractivity contribution in [3.05, 3.63) is 22.3 Å². The molecule has 2 unspecified atom stereocenters. The van der Waals surface area contributed by atoms with Gasteiger partial charge in [-0.2, -0.15) is 0 Å². The van der Waals surface area contributed by atoms with E-state index in [1.807, 2.05) is 6.20 Å². The topological polar surface area (TPSA) is 24.9 Å². The van der Waals surface area contributed by atoms with E-state index in [4.69, 9.17) is 0 Å². The molecule has 1 aromatic rings. The second-order valence-corrected chi connectivity index (χ2v) is 5.86. The zero-order valence-electron chi connectivity index (χ0n) is 9.96. The van der Waals surface area contributed by atoms with Crippen molar-refractivity contribution in [2.75, 3.05) is 11.9 Å². The van der Waals surface area contributed by atoms with Crippen LogP contribution in [0.3, 0.4) is 0 Å². The van der Waals surface area contributed by atoms with Crippen molar-refractivity contribution in [3.63, 3.8) is 0 Å². The molecule has 1 N–H and O–H groups in total. The minimum absolute atomic E-state index is 0.824. The van der Waals surface area contributed by atoms with Gasteiger partial charge in [-0.3, -0.25) is 0 Å². The number of pyridine rings is 1. The molecule has 1 saturated carbocycles. The maximum atomic E-state index is 4.40. The lowest BCUT2D eigenvalue weighted by molar-refractivity contribution is 0.536. The molecule has 0 amide bonds. The van der Waals surface area contributed by atoms with Crippen LogP contribution in [0.15, 0.2) is 16.7 Å². The standard InChI is InChI=1S/C13H19BrN2/c1-9-3-4-11(5-9)8-16-13-12(14)6-10(2)7-15-13/h6-7,9,11H,3-5,8H2,1-2H3,(H,15,16). The third-order valence-electron chi connectivity index (χ3n) is 3.34. The Kier molecular flexibility index (Phi) is 3.85. The van der Waals surface area contributed by atoms with E-state index in [1.54, 1.807) is 0 Å². The lowest BCUT2D eigenvalue weighted by Gasteiger charge is -2.12. The average molecular weight is 283 g/mol. The number of halogens is 1.